The van der Waals surface area contributed by atoms with Crippen LogP contribution in [0.5, 0.6) is 0 Å². The average Bonchev–Trinajstić information content (AvgIpc) is 2.67. The number of halogens is 7. The van der Waals surface area contributed by atoms with Gasteiger partial charge in [0.1, 0.15) is 18.7 Å². The van der Waals surface area contributed by atoms with Gasteiger partial charge in [-0.25, -0.2) is 4.58 Å². The summed E-state index contributed by atoms with van der Waals surface area (Å²) in [4.78, 5) is 1.36. The third kappa shape index (κ3) is 6.53. The highest BCUT2D eigenvalue weighted by Gasteiger charge is 2.76. The van der Waals surface area contributed by atoms with Crippen molar-refractivity contribution in [2.24, 2.45) is 0 Å². The van der Waals surface area contributed by atoms with Crippen molar-refractivity contribution in [3.63, 3.8) is 0 Å². The van der Waals surface area contributed by atoms with Crippen molar-refractivity contribution in [1.82, 2.24) is 4.90 Å². The fourth-order valence-corrected chi connectivity index (χ4v) is 5.08. The molecule has 1 unspecified atom stereocenters. The molecule has 1 atom stereocenters. The second-order valence-electron chi connectivity index (χ2n) is 8.11. The third-order valence-electron chi connectivity index (χ3n) is 5.56. The van der Waals surface area contributed by atoms with E-state index in [1.54, 1.807) is 0 Å². The smallest absolute Gasteiger partial charge is 0.372 e. The van der Waals surface area contributed by atoms with Crippen molar-refractivity contribution in [3.05, 3.63) is 11.3 Å². The van der Waals surface area contributed by atoms with E-state index in [4.69, 9.17) is 0 Å². The molecule has 31 heavy (non-hydrogen) atoms. The second-order valence-corrected chi connectivity index (χ2v) is 9.73. The fourth-order valence-electron chi connectivity index (χ4n) is 3.86. The summed E-state index contributed by atoms with van der Waals surface area (Å²) in [5, 5.41) is 0. The molecule has 1 aliphatic carbocycles. The van der Waals surface area contributed by atoms with Crippen LogP contribution in [-0.2, 0) is 0 Å². The highest BCUT2D eigenvalue weighted by atomic mass is 127. The minimum atomic E-state index is -4.84. The number of allylic oxidation sites excluding steroid dienone is 2. The lowest BCUT2D eigenvalue weighted by Crippen LogP contribution is -2.65. The molecule has 0 spiro atoms. The Kier molecular flexibility index (Phi) is 11.2. The van der Waals surface area contributed by atoms with Gasteiger partial charge in [-0.2, -0.15) is 26.3 Å². The Balaban J connectivity index is 3.82. The van der Waals surface area contributed by atoms with Crippen molar-refractivity contribution in [3.8, 4) is 0 Å². The Morgan fingerprint density at radius 1 is 0.774 bits per heavy atom. The molecule has 1 rings (SSSR count). The first-order valence-electron chi connectivity index (χ1n) is 11.4. The lowest BCUT2D eigenvalue weighted by molar-refractivity contribution is -0.532. The number of unbranched alkanes of at least 4 members (excludes halogenated alkanes) is 4. The predicted molar refractivity (Wildman–Crippen MR) is 122 cm³/mol. The first-order valence-corrected chi connectivity index (χ1v) is 12.4. The van der Waals surface area contributed by atoms with Crippen LogP contribution in [0.1, 0.15) is 79.1 Å². The van der Waals surface area contributed by atoms with Crippen molar-refractivity contribution in [2.45, 2.75) is 94.8 Å². The molecule has 9 heteroatoms. The molecule has 0 aromatic carbocycles. The van der Waals surface area contributed by atoms with E-state index in [0.29, 0.717) is 51.4 Å². The van der Waals surface area contributed by atoms with Gasteiger partial charge in [-0.15, -0.1) is 0 Å². The molecule has 0 aromatic rings. The predicted octanol–water partition coefficient (Wildman–Crippen LogP) is 7.51. The van der Waals surface area contributed by atoms with Gasteiger partial charge in [0, 0.05) is 25.9 Å². The van der Waals surface area contributed by atoms with Crippen LogP contribution in [0.25, 0.3) is 0 Å². The Labute approximate surface area is 196 Å². The van der Waals surface area contributed by atoms with Crippen LogP contribution in [0.15, 0.2) is 11.3 Å². The van der Waals surface area contributed by atoms with Crippen LogP contribution < -0.4 is 0 Å². The molecular formula is C22H36F6IN2+. The molecule has 0 radical (unpaired) electrons. The second kappa shape index (κ2) is 12.1. The number of hydrogen-bond donors (Lipinski definition) is 0. The number of alkyl halides is 7. The molecule has 0 N–H and O–H groups in total. The van der Waals surface area contributed by atoms with Crippen LogP contribution in [-0.4, -0.2) is 57.1 Å². The molecule has 0 aliphatic heterocycles. The van der Waals surface area contributed by atoms with Crippen LogP contribution in [0.2, 0.25) is 0 Å². The highest BCUT2D eigenvalue weighted by Crippen LogP contribution is 2.58. The minimum Gasteiger partial charge on any atom is -0.372 e. The quantitative estimate of drug-likeness (QED) is 0.0964. The van der Waals surface area contributed by atoms with Gasteiger partial charge in [0.05, 0.1) is 5.70 Å². The number of hydrogen-bond acceptors (Lipinski definition) is 1. The summed E-state index contributed by atoms with van der Waals surface area (Å²) in [6.07, 6.45) is -4.65. The Morgan fingerprint density at radius 3 is 1.52 bits per heavy atom. The monoisotopic (exact) mass is 569 g/mol. The molecule has 0 amide bonds. The zero-order valence-electron chi connectivity index (χ0n) is 19.0. The molecule has 0 saturated heterocycles. The lowest BCUT2D eigenvalue weighted by Gasteiger charge is -2.47. The van der Waals surface area contributed by atoms with Gasteiger partial charge in [0.2, 0.25) is 9.13 Å². The first-order chi connectivity index (χ1) is 14.4. The average molecular weight is 569 g/mol. The Bertz CT molecular complexity index is 621. The largest absolute Gasteiger partial charge is 0.424 e. The lowest BCUT2D eigenvalue weighted by atomic mass is 9.76. The van der Waals surface area contributed by atoms with Gasteiger partial charge < -0.3 is 4.90 Å². The molecule has 0 fully saturated rings. The molecular weight excluding hydrogens is 533 g/mol. The van der Waals surface area contributed by atoms with E-state index in [9.17, 15) is 26.3 Å². The SMILES string of the molecule is CCCCN(CCCC)C1=C(C(F)(F)F)C(=[N+](CCCC)CCCC)C1(I)C(F)(F)F. The van der Waals surface area contributed by atoms with Crippen LogP contribution in [0.3, 0.4) is 0 Å². The molecule has 0 heterocycles. The maximum atomic E-state index is 14.5. The van der Waals surface area contributed by atoms with E-state index < -0.39 is 32.8 Å². The Hall–Kier alpha value is -0.480. The summed E-state index contributed by atoms with van der Waals surface area (Å²) in [6, 6.07) is 0. The van der Waals surface area contributed by atoms with Gasteiger partial charge in [0.15, 0.2) is 0 Å². The topological polar surface area (TPSA) is 6.25 Å². The Morgan fingerprint density at radius 2 is 1.19 bits per heavy atom. The van der Waals surface area contributed by atoms with Crippen molar-refractivity contribution >= 4 is 28.3 Å². The van der Waals surface area contributed by atoms with Crippen LogP contribution >= 0.6 is 22.6 Å². The van der Waals surface area contributed by atoms with Gasteiger partial charge in [-0.1, -0.05) is 53.4 Å². The molecule has 2 nitrogen and oxygen atoms in total. The van der Waals surface area contributed by atoms with E-state index in [2.05, 4.69) is 0 Å². The van der Waals surface area contributed by atoms with Gasteiger partial charge in [0.25, 0.3) is 0 Å². The third-order valence-corrected chi connectivity index (χ3v) is 7.19. The summed E-state index contributed by atoms with van der Waals surface area (Å²) < 4.78 is 84.9. The first kappa shape index (κ1) is 28.6. The van der Waals surface area contributed by atoms with Gasteiger partial charge in [-0.3, -0.25) is 0 Å². The van der Waals surface area contributed by atoms with Gasteiger partial charge >= 0.3 is 12.4 Å². The molecule has 0 saturated carbocycles. The summed E-state index contributed by atoms with van der Waals surface area (Å²) >= 11 is 1.25. The number of nitrogens with zero attached hydrogens (tertiary/aromatic N) is 2. The van der Waals surface area contributed by atoms with E-state index in [1.807, 2.05) is 27.7 Å². The van der Waals surface area contributed by atoms with E-state index in [-0.39, 0.29) is 26.2 Å². The van der Waals surface area contributed by atoms with Crippen molar-refractivity contribution in [2.75, 3.05) is 26.2 Å². The fraction of sp³-hybridized carbons (Fsp3) is 0.864. The molecule has 0 aromatic heterocycles. The van der Waals surface area contributed by atoms with Crippen molar-refractivity contribution < 1.29 is 30.9 Å². The minimum absolute atomic E-state index is 0.198. The van der Waals surface area contributed by atoms with E-state index >= 15 is 0 Å². The van der Waals surface area contributed by atoms with Crippen LogP contribution in [0.4, 0.5) is 26.3 Å². The molecule has 0 bridgehead atoms. The zero-order chi connectivity index (χ0) is 23.9. The maximum Gasteiger partial charge on any atom is 0.424 e. The zero-order valence-corrected chi connectivity index (χ0v) is 21.2. The number of rotatable bonds is 13. The van der Waals surface area contributed by atoms with Gasteiger partial charge in [-0.05, 0) is 35.4 Å². The highest BCUT2D eigenvalue weighted by molar-refractivity contribution is 14.1. The standard InChI is InChI=1S/C22H36F6IN2/c1-5-9-13-30(14-10-6-2)18-17(21(23,24)25)19(20(18,29)22(26,27)28)31(15-11-7-3)16-12-8-4/h5-16H2,1-4H3/q+1. The van der Waals surface area contributed by atoms with E-state index in [1.165, 1.54) is 32.1 Å². The van der Waals surface area contributed by atoms with Crippen molar-refractivity contribution in [1.29, 1.82) is 0 Å². The summed E-state index contributed by atoms with van der Waals surface area (Å²) in [7, 11) is 0. The van der Waals surface area contributed by atoms with Crippen LogP contribution in [0, 0.1) is 0 Å². The molecule has 182 valence electrons. The summed E-state index contributed by atoms with van der Waals surface area (Å²) in [5.41, 5.74) is -2.26. The molecule has 1 aliphatic rings. The summed E-state index contributed by atoms with van der Waals surface area (Å²) in [5.74, 6) is 0. The van der Waals surface area contributed by atoms with E-state index in [0.717, 1.165) is 0 Å². The summed E-state index contributed by atoms with van der Waals surface area (Å²) in [6.45, 7) is 8.32. The normalized spacial score (nSPS) is 19.6. The maximum absolute atomic E-state index is 14.5.